The predicted molar refractivity (Wildman–Crippen MR) is 140 cm³/mol. The summed E-state index contributed by atoms with van der Waals surface area (Å²) in [5, 5.41) is 36.8. The Morgan fingerprint density at radius 1 is 1.29 bits per heavy atom. The Labute approximate surface area is 226 Å². The van der Waals surface area contributed by atoms with Gasteiger partial charge in [0.1, 0.15) is 23.9 Å². The molecule has 200 valence electrons. The van der Waals surface area contributed by atoms with Crippen molar-refractivity contribution in [3.63, 3.8) is 0 Å². The van der Waals surface area contributed by atoms with Crippen molar-refractivity contribution in [1.29, 1.82) is 0 Å². The molecule has 0 aliphatic heterocycles. The maximum Gasteiger partial charge on any atom is 0.333 e. The van der Waals surface area contributed by atoms with Gasteiger partial charge < -0.3 is 15.5 Å². The molecule has 38 heavy (non-hydrogen) atoms. The van der Waals surface area contributed by atoms with Gasteiger partial charge in [-0.25, -0.2) is 15.1 Å². The standard InChI is InChI=1S/C23H23ClN6O6S2/c24-14-1-2-19-15(6-14)13(10-37-19)8-30-4-3-17(29-30)21(32)16-7-26-11-27-23(16)28-18-5-12(20(31)22(18)33)9-36-38(25,34)35/h1-4,6-7,10-12,18,20,22,31,33H,5,8-9H2,(H2,25,34,35)(H,26,27,28)/t12-,18-,20-,22+/m1/s1. The fraction of sp³-hybridized carbons (Fsp3) is 0.304. The molecule has 0 bridgehead atoms. The summed E-state index contributed by atoms with van der Waals surface area (Å²) in [5.74, 6) is -1.00. The Balaban J connectivity index is 1.31. The van der Waals surface area contributed by atoms with Gasteiger partial charge in [-0.05, 0) is 47.0 Å². The van der Waals surface area contributed by atoms with Crippen LogP contribution in [0.15, 0.2) is 48.4 Å². The molecule has 3 heterocycles. The molecular formula is C23H23ClN6O6S2. The summed E-state index contributed by atoms with van der Waals surface area (Å²) in [4.78, 5) is 21.4. The molecule has 1 fully saturated rings. The Morgan fingerprint density at radius 3 is 2.89 bits per heavy atom. The number of hydrogen-bond donors (Lipinski definition) is 4. The number of aliphatic hydroxyl groups is 2. The Hall–Kier alpha value is -2.98. The van der Waals surface area contributed by atoms with E-state index >= 15 is 0 Å². The van der Waals surface area contributed by atoms with Gasteiger partial charge in [0.15, 0.2) is 0 Å². The van der Waals surface area contributed by atoms with E-state index in [1.54, 1.807) is 28.3 Å². The number of anilines is 1. The average molecular weight is 579 g/mol. The molecule has 3 aromatic heterocycles. The third-order valence-corrected chi connectivity index (χ3v) is 8.06. The van der Waals surface area contributed by atoms with Crippen molar-refractivity contribution in [2.24, 2.45) is 11.1 Å². The highest BCUT2D eigenvalue weighted by molar-refractivity contribution is 7.84. The van der Waals surface area contributed by atoms with Crippen LogP contribution in [0.1, 0.15) is 28.0 Å². The number of nitrogens with two attached hydrogens (primary N) is 1. The summed E-state index contributed by atoms with van der Waals surface area (Å²) >= 11 is 7.75. The van der Waals surface area contributed by atoms with E-state index in [-0.39, 0.29) is 23.5 Å². The first-order valence-corrected chi connectivity index (χ1v) is 14.2. The van der Waals surface area contributed by atoms with E-state index in [4.69, 9.17) is 16.7 Å². The van der Waals surface area contributed by atoms with Gasteiger partial charge >= 0.3 is 10.3 Å². The lowest BCUT2D eigenvalue weighted by molar-refractivity contribution is 0.00778. The van der Waals surface area contributed by atoms with Gasteiger partial charge in [-0.1, -0.05) is 11.6 Å². The minimum absolute atomic E-state index is 0.122. The maximum atomic E-state index is 13.3. The number of carbonyl (C=O) groups excluding carboxylic acids is 1. The number of hydrogen-bond acceptors (Lipinski definition) is 11. The van der Waals surface area contributed by atoms with Gasteiger partial charge in [0.05, 0.1) is 30.9 Å². The Bertz CT molecular complexity index is 1590. The molecule has 12 nitrogen and oxygen atoms in total. The van der Waals surface area contributed by atoms with Gasteiger partial charge in [0.25, 0.3) is 0 Å². The number of carbonyl (C=O) groups is 1. The average Bonchev–Trinajstić information content (AvgIpc) is 3.57. The molecule has 0 spiro atoms. The summed E-state index contributed by atoms with van der Waals surface area (Å²) in [6.07, 6.45) is 1.88. The van der Waals surface area contributed by atoms with Crippen LogP contribution in [0.2, 0.25) is 5.02 Å². The van der Waals surface area contributed by atoms with Crippen LogP contribution in [-0.2, 0) is 21.0 Å². The smallest absolute Gasteiger partial charge is 0.333 e. The Kier molecular flexibility index (Phi) is 7.46. The summed E-state index contributed by atoms with van der Waals surface area (Å²) in [6.45, 7) is 0.0476. The van der Waals surface area contributed by atoms with Crippen LogP contribution in [-0.4, -0.2) is 69.0 Å². The van der Waals surface area contributed by atoms with Gasteiger partial charge in [-0.15, -0.1) is 11.3 Å². The highest BCUT2D eigenvalue weighted by atomic mass is 35.5. The van der Waals surface area contributed by atoms with Gasteiger partial charge in [0, 0.05) is 28.0 Å². The number of rotatable bonds is 9. The van der Waals surface area contributed by atoms with Crippen LogP contribution < -0.4 is 10.5 Å². The van der Waals surface area contributed by atoms with Crippen molar-refractivity contribution < 1.29 is 27.6 Å². The first-order valence-electron chi connectivity index (χ1n) is 11.4. The number of nitrogens with zero attached hydrogens (tertiary/aromatic N) is 4. The number of aromatic nitrogens is 4. The summed E-state index contributed by atoms with van der Waals surface area (Å²) in [6, 6.07) is 6.56. The molecule has 0 unspecified atom stereocenters. The lowest BCUT2D eigenvalue weighted by Gasteiger charge is -2.19. The van der Waals surface area contributed by atoms with Crippen molar-refractivity contribution in [3.05, 3.63) is 70.2 Å². The van der Waals surface area contributed by atoms with Crippen LogP contribution in [0.4, 0.5) is 5.82 Å². The minimum Gasteiger partial charge on any atom is -0.390 e. The minimum atomic E-state index is -4.20. The summed E-state index contributed by atoms with van der Waals surface area (Å²) < 4.78 is 29.5. The molecule has 1 aromatic carbocycles. The zero-order valence-electron chi connectivity index (χ0n) is 19.6. The fourth-order valence-electron chi connectivity index (χ4n) is 4.46. The number of fused-ring (bicyclic) bond motifs is 1. The lowest BCUT2D eigenvalue weighted by Crippen LogP contribution is -2.36. The SMILES string of the molecule is NS(=O)(=O)OC[C@H]1C[C@@H](Nc2ncncc2C(=O)c2ccn(Cc3csc4ccc(Cl)cc34)n2)[C@H](O)[C@@H]1O. The van der Waals surface area contributed by atoms with Crippen LogP contribution in [0.5, 0.6) is 0 Å². The van der Waals surface area contributed by atoms with Crippen molar-refractivity contribution in [2.75, 3.05) is 11.9 Å². The number of thiophene rings is 1. The van der Waals surface area contributed by atoms with Crippen molar-refractivity contribution >= 4 is 54.9 Å². The fourth-order valence-corrected chi connectivity index (χ4v) is 5.93. The predicted octanol–water partition coefficient (Wildman–Crippen LogP) is 1.56. The molecule has 0 saturated heterocycles. The van der Waals surface area contributed by atoms with E-state index in [2.05, 4.69) is 24.6 Å². The van der Waals surface area contributed by atoms with E-state index in [0.29, 0.717) is 11.6 Å². The summed E-state index contributed by atoms with van der Waals surface area (Å²) in [7, 11) is -4.20. The maximum absolute atomic E-state index is 13.3. The first kappa shape index (κ1) is 26.6. The molecule has 1 aliphatic rings. The first-order chi connectivity index (χ1) is 18.1. The second-order valence-electron chi connectivity index (χ2n) is 8.92. The van der Waals surface area contributed by atoms with E-state index in [1.807, 2.05) is 23.6 Å². The van der Waals surface area contributed by atoms with Gasteiger partial charge in [-0.2, -0.15) is 13.5 Å². The van der Waals surface area contributed by atoms with E-state index in [1.165, 1.54) is 12.5 Å². The van der Waals surface area contributed by atoms with Gasteiger partial charge in [0.2, 0.25) is 5.78 Å². The number of ketones is 1. The van der Waals surface area contributed by atoms with Crippen molar-refractivity contribution in [3.8, 4) is 0 Å². The number of aliphatic hydroxyl groups excluding tert-OH is 2. The van der Waals surface area contributed by atoms with Crippen molar-refractivity contribution in [2.45, 2.75) is 31.2 Å². The third-order valence-electron chi connectivity index (χ3n) is 6.35. The summed E-state index contributed by atoms with van der Waals surface area (Å²) in [5.41, 5.74) is 1.32. The second kappa shape index (κ2) is 10.6. The zero-order valence-corrected chi connectivity index (χ0v) is 22.0. The Morgan fingerprint density at radius 2 is 2.11 bits per heavy atom. The number of nitrogens with one attached hydrogen (secondary N) is 1. The third kappa shape index (κ3) is 5.71. The second-order valence-corrected chi connectivity index (χ2v) is 11.5. The lowest BCUT2D eigenvalue weighted by atomic mass is 10.1. The van der Waals surface area contributed by atoms with Crippen LogP contribution in [0.25, 0.3) is 10.1 Å². The molecule has 0 radical (unpaired) electrons. The van der Waals surface area contributed by atoms with Crippen LogP contribution in [0, 0.1) is 5.92 Å². The molecule has 4 aromatic rings. The van der Waals surface area contributed by atoms with Crippen molar-refractivity contribution in [1.82, 2.24) is 19.7 Å². The molecule has 5 rings (SSSR count). The molecule has 0 amide bonds. The van der Waals surface area contributed by atoms with Crippen LogP contribution in [0.3, 0.4) is 0 Å². The molecule has 4 atom stereocenters. The molecule has 1 saturated carbocycles. The highest BCUT2D eigenvalue weighted by Crippen LogP contribution is 2.31. The van der Waals surface area contributed by atoms with Gasteiger partial charge in [-0.3, -0.25) is 13.7 Å². The molecular weight excluding hydrogens is 556 g/mol. The molecule has 1 aliphatic carbocycles. The zero-order chi connectivity index (χ0) is 27.0. The molecule has 5 N–H and O–H groups in total. The van der Waals surface area contributed by atoms with E-state index < -0.39 is 46.9 Å². The quantitative estimate of drug-likeness (QED) is 0.213. The normalized spacial score (nSPS) is 21.7. The van der Waals surface area contributed by atoms with E-state index in [0.717, 1.165) is 15.6 Å². The molecule has 15 heteroatoms. The number of benzene rings is 1. The number of halogens is 1. The van der Waals surface area contributed by atoms with E-state index in [9.17, 15) is 23.4 Å². The topological polar surface area (TPSA) is 183 Å². The largest absolute Gasteiger partial charge is 0.390 e. The monoisotopic (exact) mass is 578 g/mol. The highest BCUT2D eigenvalue weighted by Gasteiger charge is 2.42. The van der Waals surface area contributed by atoms with Crippen LogP contribution >= 0.6 is 22.9 Å².